The molecule has 3 rings (SSSR count). The molecule has 4 nitrogen and oxygen atoms in total. The molecule has 3 aliphatic rings. The maximum Gasteiger partial charge on any atom is 0.191 e. The number of hydrogen-bond donors (Lipinski definition) is 2. The van der Waals surface area contributed by atoms with Crippen molar-refractivity contribution in [2.45, 2.75) is 63.3 Å². The summed E-state index contributed by atoms with van der Waals surface area (Å²) in [6, 6.07) is 0. The van der Waals surface area contributed by atoms with Crippen LogP contribution in [0.15, 0.2) is 4.99 Å². The minimum Gasteiger partial charge on any atom is -0.356 e. The van der Waals surface area contributed by atoms with Crippen LogP contribution >= 0.6 is 0 Å². The van der Waals surface area contributed by atoms with Crippen LogP contribution in [0.25, 0.3) is 0 Å². The maximum atomic E-state index is 4.57. The van der Waals surface area contributed by atoms with Gasteiger partial charge in [-0.25, -0.2) is 0 Å². The molecule has 0 spiro atoms. The molecular formula is C16H30N4. The van der Waals surface area contributed by atoms with Gasteiger partial charge in [-0.15, -0.1) is 0 Å². The van der Waals surface area contributed by atoms with Gasteiger partial charge in [0.15, 0.2) is 5.96 Å². The largest absolute Gasteiger partial charge is 0.356 e. The lowest BCUT2D eigenvalue weighted by Crippen LogP contribution is -2.59. The summed E-state index contributed by atoms with van der Waals surface area (Å²) in [6.45, 7) is 5.75. The third-order valence-electron chi connectivity index (χ3n) is 5.29. The molecule has 0 aromatic rings. The van der Waals surface area contributed by atoms with Crippen molar-refractivity contribution < 1.29 is 0 Å². The Morgan fingerprint density at radius 3 is 2.45 bits per heavy atom. The van der Waals surface area contributed by atoms with Gasteiger partial charge in [0.05, 0.1) is 0 Å². The van der Waals surface area contributed by atoms with Gasteiger partial charge in [-0.3, -0.25) is 9.89 Å². The molecule has 2 aliphatic heterocycles. The van der Waals surface area contributed by atoms with Gasteiger partial charge >= 0.3 is 0 Å². The van der Waals surface area contributed by atoms with Gasteiger partial charge in [0.25, 0.3) is 0 Å². The number of piperidine rings is 1. The van der Waals surface area contributed by atoms with E-state index in [-0.39, 0.29) is 0 Å². The fourth-order valence-electron chi connectivity index (χ4n) is 4.08. The third-order valence-corrected chi connectivity index (χ3v) is 5.29. The Kier molecular flexibility index (Phi) is 4.81. The first-order valence-electron chi connectivity index (χ1n) is 8.66. The van der Waals surface area contributed by atoms with Crippen LogP contribution in [-0.4, -0.2) is 49.1 Å². The highest BCUT2D eigenvalue weighted by molar-refractivity contribution is 5.80. The van der Waals surface area contributed by atoms with Crippen LogP contribution < -0.4 is 10.6 Å². The Hall–Kier alpha value is -0.770. The fourth-order valence-corrected chi connectivity index (χ4v) is 4.08. The minimum atomic E-state index is 0.403. The molecule has 0 aromatic heterocycles. The second kappa shape index (κ2) is 6.79. The van der Waals surface area contributed by atoms with E-state index in [1.807, 2.05) is 0 Å². The van der Waals surface area contributed by atoms with Crippen LogP contribution in [0.4, 0.5) is 0 Å². The normalized spacial score (nSPS) is 27.5. The molecule has 2 fully saturated rings. The molecular weight excluding hydrogens is 248 g/mol. The maximum absolute atomic E-state index is 4.57. The lowest BCUT2D eigenvalue weighted by atomic mass is 9.79. The summed E-state index contributed by atoms with van der Waals surface area (Å²) in [7, 11) is 0. The monoisotopic (exact) mass is 278 g/mol. The quantitative estimate of drug-likeness (QED) is 0.830. The van der Waals surface area contributed by atoms with Crippen LogP contribution in [-0.2, 0) is 0 Å². The average Bonchev–Trinajstić information content (AvgIpc) is 2.56. The van der Waals surface area contributed by atoms with Crippen molar-refractivity contribution >= 4 is 5.96 Å². The summed E-state index contributed by atoms with van der Waals surface area (Å²) in [5, 5.41) is 7.03. The summed E-state index contributed by atoms with van der Waals surface area (Å²) in [6.07, 6.45) is 12.3. The van der Waals surface area contributed by atoms with Gasteiger partial charge in [-0.2, -0.15) is 0 Å². The van der Waals surface area contributed by atoms with Crippen molar-refractivity contribution in [3.05, 3.63) is 0 Å². The Morgan fingerprint density at radius 1 is 1.00 bits per heavy atom. The Bertz CT molecular complexity index is 327. The second-order valence-corrected chi connectivity index (χ2v) is 6.70. The zero-order valence-electron chi connectivity index (χ0n) is 12.8. The van der Waals surface area contributed by atoms with E-state index in [2.05, 4.69) is 20.5 Å². The minimum absolute atomic E-state index is 0.403. The third kappa shape index (κ3) is 3.27. The van der Waals surface area contributed by atoms with Crippen LogP contribution in [0.1, 0.15) is 57.8 Å². The van der Waals surface area contributed by atoms with Crippen molar-refractivity contribution in [2.75, 3.05) is 32.7 Å². The van der Waals surface area contributed by atoms with E-state index < -0.39 is 0 Å². The molecule has 0 unspecified atom stereocenters. The topological polar surface area (TPSA) is 39.7 Å². The molecule has 2 N–H and O–H groups in total. The van der Waals surface area contributed by atoms with Crippen LogP contribution in [0.3, 0.4) is 0 Å². The lowest BCUT2D eigenvalue weighted by Gasteiger charge is -2.48. The van der Waals surface area contributed by atoms with Gasteiger partial charge < -0.3 is 10.6 Å². The number of likely N-dealkylation sites (tertiary alicyclic amines) is 1. The molecule has 0 aromatic carbocycles. The Labute approximate surface area is 123 Å². The van der Waals surface area contributed by atoms with E-state index in [9.17, 15) is 0 Å². The fraction of sp³-hybridized carbons (Fsp3) is 0.938. The van der Waals surface area contributed by atoms with Gasteiger partial charge in [0.1, 0.15) is 0 Å². The first-order valence-corrected chi connectivity index (χ1v) is 8.66. The second-order valence-electron chi connectivity index (χ2n) is 6.70. The van der Waals surface area contributed by atoms with Gasteiger partial charge in [-0.1, -0.05) is 25.7 Å². The van der Waals surface area contributed by atoms with E-state index in [0.29, 0.717) is 5.54 Å². The van der Waals surface area contributed by atoms with Gasteiger partial charge in [0, 0.05) is 25.2 Å². The zero-order valence-corrected chi connectivity index (χ0v) is 12.8. The highest BCUT2D eigenvalue weighted by Crippen LogP contribution is 2.35. The highest BCUT2D eigenvalue weighted by Gasteiger charge is 2.38. The first-order chi connectivity index (χ1) is 9.89. The zero-order chi connectivity index (χ0) is 13.7. The van der Waals surface area contributed by atoms with Crippen LogP contribution in [0, 0.1) is 0 Å². The average molecular weight is 278 g/mol. The molecule has 4 heteroatoms. The first kappa shape index (κ1) is 14.2. The van der Waals surface area contributed by atoms with Crippen molar-refractivity contribution in [3.8, 4) is 0 Å². The van der Waals surface area contributed by atoms with Gasteiger partial charge in [-0.05, 0) is 45.2 Å². The van der Waals surface area contributed by atoms with Crippen molar-refractivity contribution in [3.63, 3.8) is 0 Å². The Morgan fingerprint density at radius 2 is 1.75 bits per heavy atom. The number of aliphatic imine (C=N–C) groups is 1. The SMILES string of the molecule is C1CCN(C2(CNC3=NCCCN3)CCCCC2)CC1. The number of guanidine groups is 1. The summed E-state index contributed by atoms with van der Waals surface area (Å²) < 4.78 is 0. The summed E-state index contributed by atoms with van der Waals surface area (Å²) in [5.41, 5.74) is 0.403. The molecule has 1 saturated heterocycles. The van der Waals surface area contributed by atoms with E-state index in [0.717, 1.165) is 25.6 Å². The van der Waals surface area contributed by atoms with E-state index in [1.165, 1.54) is 70.9 Å². The Balaban J connectivity index is 1.63. The number of nitrogens with zero attached hydrogens (tertiary/aromatic N) is 2. The van der Waals surface area contributed by atoms with Crippen LogP contribution in [0.2, 0.25) is 0 Å². The molecule has 1 saturated carbocycles. The molecule has 114 valence electrons. The number of nitrogens with one attached hydrogen (secondary N) is 2. The molecule has 0 amide bonds. The molecule has 20 heavy (non-hydrogen) atoms. The highest BCUT2D eigenvalue weighted by atomic mass is 15.3. The number of rotatable bonds is 3. The summed E-state index contributed by atoms with van der Waals surface area (Å²) >= 11 is 0. The smallest absolute Gasteiger partial charge is 0.191 e. The predicted molar refractivity (Wildman–Crippen MR) is 84.2 cm³/mol. The number of hydrogen-bond acceptors (Lipinski definition) is 4. The van der Waals surface area contributed by atoms with E-state index in [4.69, 9.17) is 0 Å². The van der Waals surface area contributed by atoms with Gasteiger partial charge in [0.2, 0.25) is 0 Å². The van der Waals surface area contributed by atoms with E-state index >= 15 is 0 Å². The summed E-state index contributed by atoms with van der Waals surface area (Å²) in [5.74, 6) is 1.04. The van der Waals surface area contributed by atoms with Crippen molar-refractivity contribution in [2.24, 2.45) is 4.99 Å². The predicted octanol–water partition coefficient (Wildman–Crippen LogP) is 2.11. The molecule has 1 aliphatic carbocycles. The van der Waals surface area contributed by atoms with Crippen molar-refractivity contribution in [1.29, 1.82) is 0 Å². The molecule has 0 atom stereocenters. The standard InChI is InChI=1S/C16H30N4/c1-3-8-16(9-4-1,20-12-5-2-6-13-20)14-19-15-17-10-7-11-18-15/h1-14H2,(H2,17,18,19). The summed E-state index contributed by atoms with van der Waals surface area (Å²) in [4.78, 5) is 7.36. The molecule has 0 bridgehead atoms. The molecule has 2 heterocycles. The van der Waals surface area contributed by atoms with E-state index in [1.54, 1.807) is 0 Å². The lowest BCUT2D eigenvalue weighted by molar-refractivity contribution is 0.0368. The molecule has 0 radical (unpaired) electrons. The van der Waals surface area contributed by atoms with Crippen LogP contribution in [0.5, 0.6) is 0 Å². The van der Waals surface area contributed by atoms with Crippen molar-refractivity contribution in [1.82, 2.24) is 15.5 Å².